The van der Waals surface area contributed by atoms with E-state index in [0.717, 1.165) is 18.7 Å². The molecule has 1 aliphatic rings. The molecule has 2 N–H and O–H groups in total. The van der Waals surface area contributed by atoms with Crippen molar-refractivity contribution in [1.29, 1.82) is 0 Å². The van der Waals surface area contributed by atoms with Gasteiger partial charge in [-0.25, -0.2) is 0 Å². The highest BCUT2D eigenvalue weighted by Gasteiger charge is 2.30. The summed E-state index contributed by atoms with van der Waals surface area (Å²) >= 11 is 0. The Labute approximate surface area is 153 Å². The van der Waals surface area contributed by atoms with E-state index in [9.17, 15) is 10.2 Å². The van der Waals surface area contributed by atoms with E-state index in [1.807, 2.05) is 12.1 Å². The lowest BCUT2D eigenvalue weighted by Gasteiger charge is -2.44. The van der Waals surface area contributed by atoms with Crippen LogP contribution in [0, 0.1) is 0 Å². The average Bonchev–Trinajstić information content (AvgIpc) is 2.65. The van der Waals surface area contributed by atoms with Crippen LogP contribution >= 0.6 is 0 Å². The summed E-state index contributed by atoms with van der Waals surface area (Å²) in [6.07, 6.45) is 6.01. The minimum Gasteiger partial charge on any atom is -0.508 e. The van der Waals surface area contributed by atoms with E-state index in [2.05, 4.69) is 30.6 Å². The fourth-order valence-corrected chi connectivity index (χ4v) is 4.34. The van der Waals surface area contributed by atoms with E-state index in [1.165, 1.54) is 38.6 Å². The van der Waals surface area contributed by atoms with E-state index < -0.39 is 0 Å². The molecule has 142 valence electrons. The van der Waals surface area contributed by atoms with E-state index in [0.29, 0.717) is 12.1 Å². The van der Waals surface area contributed by atoms with Gasteiger partial charge in [0.15, 0.2) is 0 Å². The quantitative estimate of drug-likeness (QED) is 0.713. The molecule has 0 spiro atoms. The van der Waals surface area contributed by atoms with Crippen LogP contribution in [-0.2, 0) is 0 Å². The van der Waals surface area contributed by atoms with Gasteiger partial charge in [0.1, 0.15) is 5.75 Å². The highest BCUT2D eigenvalue weighted by atomic mass is 16.3. The van der Waals surface area contributed by atoms with Gasteiger partial charge in [-0.1, -0.05) is 32.9 Å². The molecule has 1 fully saturated rings. The summed E-state index contributed by atoms with van der Waals surface area (Å²) in [5.74, 6) is 0.277. The summed E-state index contributed by atoms with van der Waals surface area (Å²) in [6.45, 7) is 10.3. The number of phenolic OH excluding ortho intramolecular Hbond substituents is 1. The standard InChI is InChI=1S/C21H36N2O2/c1-4-13-23(18(5-2)6-3)19-11-14-22(15-12-19)21(16-24)17-7-9-20(25)10-8-17/h7-10,18-19,21,24-25H,4-6,11-16H2,1-3H3/t21-/m0/s1. The van der Waals surface area contributed by atoms with E-state index in [1.54, 1.807) is 12.1 Å². The molecule has 1 saturated heterocycles. The van der Waals surface area contributed by atoms with Crippen molar-refractivity contribution in [2.24, 2.45) is 0 Å². The normalized spacial score (nSPS) is 18.2. The van der Waals surface area contributed by atoms with Crippen molar-refractivity contribution in [3.63, 3.8) is 0 Å². The third kappa shape index (κ3) is 5.19. The first-order chi connectivity index (χ1) is 12.1. The molecule has 0 unspecified atom stereocenters. The van der Waals surface area contributed by atoms with Crippen LogP contribution in [0.1, 0.15) is 64.5 Å². The summed E-state index contributed by atoms with van der Waals surface area (Å²) in [5.41, 5.74) is 1.09. The smallest absolute Gasteiger partial charge is 0.115 e. The lowest BCUT2D eigenvalue weighted by molar-refractivity contribution is 0.0391. The number of hydrogen-bond donors (Lipinski definition) is 2. The fraction of sp³-hybridized carbons (Fsp3) is 0.714. The van der Waals surface area contributed by atoms with Gasteiger partial charge in [-0.15, -0.1) is 0 Å². The first kappa shape index (κ1) is 20.2. The third-order valence-corrected chi connectivity index (χ3v) is 5.75. The fourth-order valence-electron chi connectivity index (χ4n) is 4.34. The summed E-state index contributed by atoms with van der Waals surface area (Å²) < 4.78 is 0. The van der Waals surface area contributed by atoms with Gasteiger partial charge < -0.3 is 10.2 Å². The van der Waals surface area contributed by atoms with E-state index >= 15 is 0 Å². The number of rotatable bonds is 9. The largest absolute Gasteiger partial charge is 0.508 e. The Morgan fingerprint density at radius 3 is 2.16 bits per heavy atom. The first-order valence-corrected chi connectivity index (χ1v) is 10.0. The van der Waals surface area contributed by atoms with Crippen LogP contribution in [-0.4, -0.2) is 58.3 Å². The molecule has 1 aromatic rings. The predicted octanol–water partition coefficient (Wildman–Crippen LogP) is 3.79. The number of benzene rings is 1. The number of aliphatic hydroxyl groups is 1. The van der Waals surface area contributed by atoms with Crippen molar-refractivity contribution in [3.8, 4) is 5.75 Å². The number of aromatic hydroxyl groups is 1. The van der Waals surface area contributed by atoms with Crippen LogP contribution in [0.5, 0.6) is 5.75 Å². The predicted molar refractivity (Wildman–Crippen MR) is 104 cm³/mol. The van der Waals surface area contributed by atoms with Crippen LogP contribution in [0.2, 0.25) is 0 Å². The van der Waals surface area contributed by atoms with Gasteiger partial charge in [-0.3, -0.25) is 9.80 Å². The SMILES string of the molecule is CCCN(C(CC)CC)C1CCN([C@@H](CO)c2ccc(O)cc2)CC1. The second kappa shape index (κ2) is 10.1. The molecular weight excluding hydrogens is 312 g/mol. The lowest BCUT2D eigenvalue weighted by atomic mass is 9.96. The number of aliphatic hydroxyl groups excluding tert-OH is 1. The number of likely N-dealkylation sites (tertiary alicyclic amines) is 1. The number of piperidine rings is 1. The van der Waals surface area contributed by atoms with Gasteiger partial charge in [-0.2, -0.15) is 0 Å². The molecule has 1 heterocycles. The monoisotopic (exact) mass is 348 g/mol. The van der Waals surface area contributed by atoms with Crippen LogP contribution in [0.15, 0.2) is 24.3 Å². The zero-order valence-electron chi connectivity index (χ0n) is 16.2. The van der Waals surface area contributed by atoms with Crippen molar-refractivity contribution < 1.29 is 10.2 Å². The minimum atomic E-state index is 0.0364. The molecule has 1 atom stereocenters. The third-order valence-electron chi connectivity index (χ3n) is 5.75. The molecule has 0 amide bonds. The Balaban J connectivity index is 2.00. The van der Waals surface area contributed by atoms with Crippen molar-refractivity contribution in [3.05, 3.63) is 29.8 Å². The molecule has 25 heavy (non-hydrogen) atoms. The Morgan fingerprint density at radius 1 is 1.08 bits per heavy atom. The van der Waals surface area contributed by atoms with Gasteiger partial charge in [0, 0.05) is 25.2 Å². The van der Waals surface area contributed by atoms with Crippen LogP contribution in [0.25, 0.3) is 0 Å². The molecule has 0 aromatic heterocycles. The highest BCUT2D eigenvalue weighted by molar-refractivity contribution is 5.28. The first-order valence-electron chi connectivity index (χ1n) is 10.0. The van der Waals surface area contributed by atoms with Crippen molar-refractivity contribution in [1.82, 2.24) is 9.80 Å². The maximum absolute atomic E-state index is 9.91. The van der Waals surface area contributed by atoms with E-state index in [-0.39, 0.29) is 18.4 Å². The Bertz CT molecular complexity index is 479. The second-order valence-electron chi connectivity index (χ2n) is 7.27. The molecule has 1 aliphatic heterocycles. The van der Waals surface area contributed by atoms with Gasteiger partial charge in [-0.05, 0) is 56.3 Å². The second-order valence-corrected chi connectivity index (χ2v) is 7.27. The van der Waals surface area contributed by atoms with Crippen LogP contribution < -0.4 is 0 Å². The molecule has 0 bridgehead atoms. The van der Waals surface area contributed by atoms with Gasteiger partial charge >= 0.3 is 0 Å². The van der Waals surface area contributed by atoms with Gasteiger partial charge in [0.05, 0.1) is 12.6 Å². The van der Waals surface area contributed by atoms with Crippen molar-refractivity contribution in [2.75, 3.05) is 26.2 Å². The summed E-state index contributed by atoms with van der Waals surface area (Å²) in [7, 11) is 0. The summed E-state index contributed by atoms with van der Waals surface area (Å²) in [6, 6.07) is 8.67. The summed E-state index contributed by atoms with van der Waals surface area (Å²) in [4.78, 5) is 5.14. The van der Waals surface area contributed by atoms with Crippen molar-refractivity contribution in [2.45, 2.75) is 71.0 Å². The Morgan fingerprint density at radius 2 is 1.68 bits per heavy atom. The van der Waals surface area contributed by atoms with Gasteiger partial charge in [0.2, 0.25) is 0 Å². The molecule has 0 aliphatic carbocycles. The van der Waals surface area contributed by atoms with Crippen LogP contribution in [0.4, 0.5) is 0 Å². The van der Waals surface area contributed by atoms with E-state index in [4.69, 9.17) is 0 Å². The average molecular weight is 349 g/mol. The minimum absolute atomic E-state index is 0.0364. The maximum Gasteiger partial charge on any atom is 0.115 e. The molecule has 4 heteroatoms. The van der Waals surface area contributed by atoms with Crippen molar-refractivity contribution >= 4 is 0 Å². The van der Waals surface area contributed by atoms with Gasteiger partial charge in [0.25, 0.3) is 0 Å². The molecule has 4 nitrogen and oxygen atoms in total. The Kier molecular flexibility index (Phi) is 8.20. The number of nitrogens with zero attached hydrogens (tertiary/aromatic N) is 2. The molecular formula is C21H36N2O2. The zero-order chi connectivity index (χ0) is 18.2. The number of phenols is 1. The number of hydrogen-bond acceptors (Lipinski definition) is 4. The molecule has 0 radical (unpaired) electrons. The molecule has 1 aromatic carbocycles. The molecule has 2 rings (SSSR count). The zero-order valence-corrected chi connectivity index (χ0v) is 16.2. The lowest BCUT2D eigenvalue weighted by Crippen LogP contribution is -2.50. The highest BCUT2D eigenvalue weighted by Crippen LogP contribution is 2.28. The summed E-state index contributed by atoms with van der Waals surface area (Å²) in [5, 5.41) is 19.4. The van der Waals surface area contributed by atoms with Crippen LogP contribution in [0.3, 0.4) is 0 Å². The molecule has 0 saturated carbocycles. The topological polar surface area (TPSA) is 46.9 Å². The maximum atomic E-state index is 9.91. The Hall–Kier alpha value is -1.10.